The molecule has 0 bridgehead atoms. The highest BCUT2D eigenvalue weighted by Gasteiger charge is 2.14. The number of fused-ring (bicyclic) bond motifs is 1. The maximum atomic E-state index is 3.66. The largest absolute Gasteiger partial charge is 0.356 e. The lowest BCUT2D eigenvalue weighted by Crippen LogP contribution is -1.98. The molecule has 0 amide bonds. The average Bonchev–Trinajstić information content (AvgIpc) is 3.06. The maximum absolute atomic E-state index is 3.66. The molecule has 1 atom stereocenters. The molecule has 2 aliphatic carbocycles. The standard InChI is InChI=1S/C40H33N/c1-3-9-29(10-4-1)31-15-18-34(19-16-31)39-26-25-38(28-40(39)33-12-5-2-6-13-33)41-37-23-21-32(22-24-37)36-20-17-30-11-7-8-14-35(30)27-36/h1-5,7-9,11-12,14-29,41H,6,10,13H2. The van der Waals surface area contributed by atoms with Gasteiger partial charge >= 0.3 is 0 Å². The zero-order valence-corrected chi connectivity index (χ0v) is 23.1. The number of hydrogen-bond acceptors (Lipinski definition) is 1. The summed E-state index contributed by atoms with van der Waals surface area (Å²) in [5.41, 5.74) is 11.3. The van der Waals surface area contributed by atoms with E-state index in [-0.39, 0.29) is 0 Å². The van der Waals surface area contributed by atoms with E-state index in [1.807, 2.05) is 0 Å². The summed E-state index contributed by atoms with van der Waals surface area (Å²) in [4.78, 5) is 0. The molecule has 1 nitrogen and oxygen atoms in total. The van der Waals surface area contributed by atoms with Crippen LogP contribution in [0.25, 0.3) is 38.6 Å². The maximum Gasteiger partial charge on any atom is 0.0390 e. The molecule has 1 N–H and O–H groups in total. The molecule has 1 heteroatoms. The Bertz CT molecular complexity index is 1810. The Hall–Kier alpha value is -4.88. The summed E-state index contributed by atoms with van der Waals surface area (Å²) in [6.07, 6.45) is 18.8. The van der Waals surface area contributed by atoms with Crippen molar-refractivity contribution in [3.05, 3.63) is 163 Å². The van der Waals surface area contributed by atoms with Crippen molar-refractivity contribution in [3.63, 3.8) is 0 Å². The summed E-state index contributed by atoms with van der Waals surface area (Å²) in [6, 6.07) is 39.9. The van der Waals surface area contributed by atoms with Crippen LogP contribution < -0.4 is 5.32 Å². The van der Waals surface area contributed by atoms with Gasteiger partial charge in [0.1, 0.15) is 0 Å². The van der Waals surface area contributed by atoms with Crippen molar-refractivity contribution in [3.8, 4) is 22.3 Å². The van der Waals surface area contributed by atoms with Crippen LogP contribution in [0.15, 0.2) is 152 Å². The summed E-state index contributed by atoms with van der Waals surface area (Å²) < 4.78 is 0. The molecule has 2 aliphatic rings. The van der Waals surface area contributed by atoms with Crippen LogP contribution in [-0.2, 0) is 0 Å². The summed E-state index contributed by atoms with van der Waals surface area (Å²) >= 11 is 0. The van der Waals surface area contributed by atoms with Crippen molar-refractivity contribution in [1.29, 1.82) is 0 Å². The van der Waals surface area contributed by atoms with Crippen molar-refractivity contribution in [2.75, 3.05) is 5.32 Å². The van der Waals surface area contributed by atoms with Crippen LogP contribution >= 0.6 is 0 Å². The molecule has 0 saturated carbocycles. The first-order valence-electron chi connectivity index (χ1n) is 14.6. The minimum atomic E-state index is 0.471. The van der Waals surface area contributed by atoms with Gasteiger partial charge in [-0.15, -0.1) is 0 Å². The molecule has 0 saturated heterocycles. The number of nitrogens with one attached hydrogen (secondary N) is 1. The predicted octanol–water partition coefficient (Wildman–Crippen LogP) is 11.3. The molecule has 5 aromatic carbocycles. The summed E-state index contributed by atoms with van der Waals surface area (Å²) in [7, 11) is 0. The zero-order chi connectivity index (χ0) is 27.4. The van der Waals surface area contributed by atoms with Crippen LogP contribution in [0.4, 0.5) is 11.4 Å². The fourth-order valence-corrected chi connectivity index (χ4v) is 5.99. The van der Waals surface area contributed by atoms with Gasteiger partial charge in [-0.2, -0.15) is 0 Å². The van der Waals surface area contributed by atoms with E-state index in [0.29, 0.717) is 5.92 Å². The number of rotatable bonds is 6. The fourth-order valence-electron chi connectivity index (χ4n) is 5.99. The molecule has 0 heterocycles. The molecule has 0 radical (unpaired) electrons. The third kappa shape index (κ3) is 5.44. The SMILES string of the molecule is C1=CCCC(c2cc(Nc3ccc(-c4ccc5ccccc5c4)cc3)ccc2-c2ccc(C3C=CC=CC3)cc2)=C1. The molecule has 5 aromatic rings. The van der Waals surface area contributed by atoms with E-state index in [1.54, 1.807) is 0 Å². The molecule has 198 valence electrons. The van der Waals surface area contributed by atoms with Crippen molar-refractivity contribution in [2.24, 2.45) is 0 Å². The van der Waals surface area contributed by atoms with E-state index in [1.165, 1.54) is 49.7 Å². The topological polar surface area (TPSA) is 12.0 Å². The number of hydrogen-bond donors (Lipinski definition) is 1. The monoisotopic (exact) mass is 527 g/mol. The summed E-state index contributed by atoms with van der Waals surface area (Å²) in [5.74, 6) is 0.471. The molecular formula is C40H33N. The van der Waals surface area contributed by atoms with Gasteiger partial charge in [-0.3, -0.25) is 0 Å². The van der Waals surface area contributed by atoms with E-state index < -0.39 is 0 Å². The van der Waals surface area contributed by atoms with E-state index in [9.17, 15) is 0 Å². The minimum Gasteiger partial charge on any atom is -0.356 e. The van der Waals surface area contributed by atoms with Crippen molar-refractivity contribution < 1.29 is 0 Å². The molecular weight excluding hydrogens is 494 g/mol. The Morgan fingerprint density at radius 3 is 2.12 bits per heavy atom. The predicted molar refractivity (Wildman–Crippen MR) is 177 cm³/mol. The second-order valence-electron chi connectivity index (χ2n) is 11.0. The Labute approximate surface area is 242 Å². The molecule has 0 aliphatic heterocycles. The highest BCUT2D eigenvalue weighted by atomic mass is 14.9. The normalized spacial score (nSPS) is 16.1. The lowest BCUT2D eigenvalue weighted by atomic mass is 9.88. The zero-order valence-electron chi connectivity index (χ0n) is 23.1. The van der Waals surface area contributed by atoms with Gasteiger partial charge in [0.15, 0.2) is 0 Å². The van der Waals surface area contributed by atoms with Crippen molar-refractivity contribution in [2.45, 2.75) is 25.2 Å². The lowest BCUT2D eigenvalue weighted by molar-refractivity contribution is 0.854. The summed E-state index contributed by atoms with van der Waals surface area (Å²) in [6.45, 7) is 0. The van der Waals surface area contributed by atoms with Gasteiger partial charge < -0.3 is 5.32 Å². The smallest absolute Gasteiger partial charge is 0.0390 e. The third-order valence-corrected chi connectivity index (χ3v) is 8.27. The minimum absolute atomic E-state index is 0.471. The molecule has 0 aromatic heterocycles. The van der Waals surface area contributed by atoms with Gasteiger partial charge in [-0.1, -0.05) is 121 Å². The van der Waals surface area contributed by atoms with Crippen molar-refractivity contribution >= 4 is 27.7 Å². The van der Waals surface area contributed by atoms with Crippen LogP contribution in [0.1, 0.15) is 36.3 Å². The van der Waals surface area contributed by atoms with Gasteiger partial charge in [0.05, 0.1) is 0 Å². The van der Waals surface area contributed by atoms with Crippen LogP contribution in [0.5, 0.6) is 0 Å². The first-order chi connectivity index (χ1) is 20.3. The number of anilines is 2. The van der Waals surface area contributed by atoms with E-state index >= 15 is 0 Å². The van der Waals surface area contributed by atoms with E-state index in [4.69, 9.17) is 0 Å². The average molecular weight is 528 g/mol. The molecule has 1 unspecified atom stereocenters. The molecule has 0 spiro atoms. The Kier molecular flexibility index (Phi) is 6.93. The highest BCUT2D eigenvalue weighted by Crippen LogP contribution is 2.37. The highest BCUT2D eigenvalue weighted by molar-refractivity contribution is 5.88. The molecule has 41 heavy (non-hydrogen) atoms. The lowest BCUT2D eigenvalue weighted by Gasteiger charge is -2.18. The first kappa shape index (κ1) is 25.1. The van der Waals surface area contributed by atoms with Crippen LogP contribution in [0.3, 0.4) is 0 Å². The van der Waals surface area contributed by atoms with Crippen LogP contribution in [-0.4, -0.2) is 0 Å². The van der Waals surface area contributed by atoms with Gasteiger partial charge in [-0.05, 0) is 99.3 Å². The van der Waals surface area contributed by atoms with Gasteiger partial charge in [0.25, 0.3) is 0 Å². The second kappa shape index (κ2) is 11.3. The van der Waals surface area contributed by atoms with Crippen LogP contribution in [0, 0.1) is 0 Å². The van der Waals surface area contributed by atoms with Gasteiger partial charge in [0.2, 0.25) is 0 Å². The molecule has 7 rings (SSSR count). The van der Waals surface area contributed by atoms with Crippen molar-refractivity contribution in [1.82, 2.24) is 0 Å². The summed E-state index contributed by atoms with van der Waals surface area (Å²) in [5, 5.41) is 6.20. The quantitative estimate of drug-likeness (QED) is 0.231. The number of benzene rings is 5. The Morgan fingerprint density at radius 1 is 0.561 bits per heavy atom. The second-order valence-corrected chi connectivity index (χ2v) is 11.0. The number of allylic oxidation sites excluding steroid dienone is 8. The van der Waals surface area contributed by atoms with E-state index in [0.717, 1.165) is 30.6 Å². The van der Waals surface area contributed by atoms with Gasteiger partial charge in [0, 0.05) is 17.3 Å². The molecule has 0 fully saturated rings. The van der Waals surface area contributed by atoms with E-state index in [2.05, 4.69) is 157 Å². The third-order valence-electron chi connectivity index (χ3n) is 8.27. The Morgan fingerprint density at radius 2 is 1.34 bits per heavy atom. The first-order valence-corrected chi connectivity index (χ1v) is 14.6. The fraction of sp³-hybridized carbons (Fsp3) is 0.100. The van der Waals surface area contributed by atoms with Crippen LogP contribution in [0.2, 0.25) is 0 Å². The van der Waals surface area contributed by atoms with Gasteiger partial charge in [-0.25, -0.2) is 0 Å². The Balaban J connectivity index is 1.16.